The topological polar surface area (TPSA) is 46.2 Å². The van der Waals surface area contributed by atoms with Gasteiger partial charge in [0.25, 0.3) is 0 Å². The van der Waals surface area contributed by atoms with Gasteiger partial charge in [-0.05, 0) is 42.0 Å². The zero-order valence-corrected chi connectivity index (χ0v) is 13.9. The molecule has 0 unspecified atom stereocenters. The number of benzene rings is 2. The Bertz CT molecular complexity index is 677. The van der Waals surface area contributed by atoms with Crippen molar-refractivity contribution in [2.24, 2.45) is 0 Å². The van der Waals surface area contributed by atoms with Crippen molar-refractivity contribution in [2.45, 2.75) is 37.5 Å². The third-order valence-corrected chi connectivity index (χ3v) is 5.11. The van der Waals surface area contributed by atoms with Crippen molar-refractivity contribution >= 4 is 10.0 Å². The van der Waals surface area contributed by atoms with Gasteiger partial charge in [-0.25, -0.2) is 13.1 Å². The summed E-state index contributed by atoms with van der Waals surface area (Å²) in [6.07, 6.45) is 1.66. The number of nitrogens with one attached hydrogen (secondary N) is 1. The van der Waals surface area contributed by atoms with E-state index in [9.17, 15) is 8.42 Å². The van der Waals surface area contributed by atoms with Gasteiger partial charge in [0.05, 0.1) is 4.90 Å². The summed E-state index contributed by atoms with van der Waals surface area (Å²) < 4.78 is 27.1. The van der Waals surface area contributed by atoms with E-state index < -0.39 is 10.0 Å². The molecule has 0 radical (unpaired) electrons. The second kappa shape index (κ2) is 7.56. The molecule has 1 N–H and O–H groups in total. The van der Waals surface area contributed by atoms with Crippen LogP contribution in [0.25, 0.3) is 0 Å². The van der Waals surface area contributed by atoms with Crippen molar-refractivity contribution in [1.29, 1.82) is 0 Å². The van der Waals surface area contributed by atoms with Crippen LogP contribution in [0.15, 0.2) is 59.5 Å². The molecule has 0 saturated carbocycles. The summed E-state index contributed by atoms with van der Waals surface area (Å²) >= 11 is 0. The average Bonchev–Trinajstić information content (AvgIpc) is 2.53. The minimum atomic E-state index is -3.41. The second-order valence-corrected chi connectivity index (χ2v) is 7.48. The van der Waals surface area contributed by atoms with Gasteiger partial charge in [0, 0.05) is 6.54 Å². The fourth-order valence-corrected chi connectivity index (χ4v) is 3.33. The van der Waals surface area contributed by atoms with Crippen LogP contribution in [-0.2, 0) is 16.4 Å². The first-order chi connectivity index (χ1) is 10.5. The Morgan fingerprint density at radius 1 is 0.955 bits per heavy atom. The minimum absolute atomic E-state index is 0.330. The summed E-state index contributed by atoms with van der Waals surface area (Å²) in [6, 6.07) is 17.2. The summed E-state index contributed by atoms with van der Waals surface area (Å²) in [5.41, 5.74) is 2.37. The molecule has 0 bridgehead atoms. The fourth-order valence-electron chi connectivity index (χ4n) is 2.26. The number of hydrogen-bond acceptors (Lipinski definition) is 2. The number of sulfonamides is 1. The lowest BCUT2D eigenvalue weighted by Crippen LogP contribution is -2.25. The largest absolute Gasteiger partial charge is 0.240 e. The molecule has 0 aliphatic heterocycles. The summed E-state index contributed by atoms with van der Waals surface area (Å²) in [6.45, 7) is 4.62. The van der Waals surface area contributed by atoms with Crippen LogP contribution in [0, 0.1) is 0 Å². The Kier molecular flexibility index (Phi) is 5.75. The Balaban J connectivity index is 1.88. The molecule has 22 heavy (non-hydrogen) atoms. The highest BCUT2D eigenvalue weighted by atomic mass is 32.2. The molecule has 2 rings (SSSR count). The zero-order chi connectivity index (χ0) is 16.0. The van der Waals surface area contributed by atoms with Gasteiger partial charge in [-0.1, -0.05) is 56.3 Å². The Morgan fingerprint density at radius 2 is 1.59 bits per heavy atom. The second-order valence-electron chi connectivity index (χ2n) is 5.71. The first kappa shape index (κ1) is 16.7. The van der Waals surface area contributed by atoms with Crippen LogP contribution in [0.4, 0.5) is 0 Å². The van der Waals surface area contributed by atoms with Gasteiger partial charge in [0.1, 0.15) is 0 Å². The van der Waals surface area contributed by atoms with E-state index in [0.29, 0.717) is 17.4 Å². The molecular weight excluding hydrogens is 294 g/mol. The van der Waals surface area contributed by atoms with E-state index in [4.69, 9.17) is 0 Å². The Morgan fingerprint density at radius 3 is 2.18 bits per heavy atom. The van der Waals surface area contributed by atoms with Crippen molar-refractivity contribution in [3.8, 4) is 0 Å². The standard InChI is InChI=1S/C18H23NO2S/c1-15(2)17-10-12-18(13-11-17)22(20,21)19-14-6-9-16-7-4-3-5-8-16/h3-5,7-8,10-13,15,19H,6,9,14H2,1-2H3. The predicted molar refractivity (Wildman–Crippen MR) is 90.5 cm³/mol. The first-order valence-electron chi connectivity index (χ1n) is 7.62. The Labute approximate surface area is 133 Å². The van der Waals surface area contributed by atoms with E-state index in [1.165, 1.54) is 5.56 Å². The molecule has 118 valence electrons. The normalized spacial score (nSPS) is 11.8. The van der Waals surface area contributed by atoms with Crippen LogP contribution in [0.3, 0.4) is 0 Å². The number of rotatable bonds is 7. The number of aryl methyl sites for hydroxylation is 1. The van der Waals surface area contributed by atoms with Crippen molar-refractivity contribution in [3.63, 3.8) is 0 Å². The summed E-state index contributed by atoms with van der Waals surface area (Å²) in [5, 5.41) is 0. The molecule has 0 aliphatic rings. The van der Waals surface area contributed by atoms with Crippen LogP contribution in [0.1, 0.15) is 37.3 Å². The van der Waals surface area contributed by atoms with Crippen LogP contribution in [0.2, 0.25) is 0 Å². The highest BCUT2D eigenvalue weighted by molar-refractivity contribution is 7.89. The van der Waals surface area contributed by atoms with Crippen molar-refractivity contribution in [3.05, 3.63) is 65.7 Å². The molecule has 3 nitrogen and oxygen atoms in total. The Hall–Kier alpha value is -1.65. The molecule has 0 heterocycles. The lowest BCUT2D eigenvalue weighted by molar-refractivity contribution is 0.579. The molecule has 0 aliphatic carbocycles. The zero-order valence-electron chi connectivity index (χ0n) is 13.1. The van der Waals surface area contributed by atoms with Crippen molar-refractivity contribution in [2.75, 3.05) is 6.54 Å². The van der Waals surface area contributed by atoms with E-state index in [1.54, 1.807) is 12.1 Å². The van der Waals surface area contributed by atoms with Gasteiger partial charge in [-0.3, -0.25) is 0 Å². The van der Waals surface area contributed by atoms with Crippen molar-refractivity contribution in [1.82, 2.24) is 4.72 Å². The smallest absolute Gasteiger partial charge is 0.211 e. The van der Waals surface area contributed by atoms with Gasteiger partial charge >= 0.3 is 0 Å². The van der Waals surface area contributed by atoms with E-state index in [2.05, 4.69) is 30.7 Å². The molecule has 0 atom stereocenters. The maximum Gasteiger partial charge on any atom is 0.240 e. The molecule has 4 heteroatoms. The van der Waals surface area contributed by atoms with E-state index in [0.717, 1.165) is 18.4 Å². The quantitative estimate of drug-likeness (QED) is 0.791. The van der Waals surface area contributed by atoms with Crippen LogP contribution < -0.4 is 4.72 Å². The monoisotopic (exact) mass is 317 g/mol. The van der Waals surface area contributed by atoms with Crippen LogP contribution in [-0.4, -0.2) is 15.0 Å². The summed E-state index contributed by atoms with van der Waals surface area (Å²) in [4.78, 5) is 0.330. The third kappa shape index (κ3) is 4.68. The highest BCUT2D eigenvalue weighted by Crippen LogP contribution is 2.17. The summed E-state index contributed by atoms with van der Waals surface area (Å²) in [7, 11) is -3.41. The molecule has 0 saturated heterocycles. The molecule has 0 aromatic heterocycles. The predicted octanol–water partition coefficient (Wildman–Crippen LogP) is 3.72. The fraction of sp³-hybridized carbons (Fsp3) is 0.333. The van der Waals surface area contributed by atoms with Crippen LogP contribution in [0.5, 0.6) is 0 Å². The van der Waals surface area contributed by atoms with Gasteiger partial charge in [0.15, 0.2) is 0 Å². The molecule has 0 spiro atoms. The van der Waals surface area contributed by atoms with E-state index >= 15 is 0 Å². The van der Waals surface area contributed by atoms with Gasteiger partial charge in [0.2, 0.25) is 10.0 Å². The number of hydrogen-bond donors (Lipinski definition) is 1. The maximum absolute atomic E-state index is 12.2. The summed E-state index contributed by atoms with van der Waals surface area (Å²) in [5.74, 6) is 0.399. The molecular formula is C18H23NO2S. The molecule has 0 amide bonds. The lowest BCUT2D eigenvalue weighted by Gasteiger charge is -2.09. The highest BCUT2D eigenvalue weighted by Gasteiger charge is 2.13. The van der Waals surface area contributed by atoms with E-state index in [1.807, 2.05) is 30.3 Å². The van der Waals surface area contributed by atoms with Gasteiger partial charge < -0.3 is 0 Å². The maximum atomic E-state index is 12.2. The van der Waals surface area contributed by atoms with Gasteiger partial charge in [-0.2, -0.15) is 0 Å². The van der Waals surface area contributed by atoms with Crippen LogP contribution >= 0.6 is 0 Å². The molecule has 2 aromatic rings. The first-order valence-corrected chi connectivity index (χ1v) is 9.11. The van der Waals surface area contributed by atoms with E-state index in [-0.39, 0.29) is 0 Å². The average molecular weight is 317 g/mol. The minimum Gasteiger partial charge on any atom is -0.211 e. The third-order valence-electron chi connectivity index (χ3n) is 3.63. The molecule has 2 aromatic carbocycles. The van der Waals surface area contributed by atoms with Gasteiger partial charge in [-0.15, -0.1) is 0 Å². The SMILES string of the molecule is CC(C)c1ccc(S(=O)(=O)NCCCc2ccccc2)cc1. The van der Waals surface area contributed by atoms with Crippen molar-refractivity contribution < 1.29 is 8.42 Å². The lowest BCUT2D eigenvalue weighted by atomic mass is 10.0. The molecule has 0 fully saturated rings.